The Morgan fingerprint density at radius 3 is 2.67 bits per heavy atom. The van der Waals surface area contributed by atoms with Crippen LogP contribution in [0.25, 0.3) is 0 Å². The number of fused-ring (bicyclic) bond motifs is 1. The molecule has 0 fully saturated rings. The van der Waals surface area contributed by atoms with Crippen molar-refractivity contribution in [3.8, 4) is 17.6 Å². The molecule has 0 bridgehead atoms. The predicted octanol–water partition coefficient (Wildman–Crippen LogP) is 2.57. The molecule has 2 amide bonds. The van der Waals surface area contributed by atoms with Gasteiger partial charge < -0.3 is 20.1 Å². The van der Waals surface area contributed by atoms with Crippen molar-refractivity contribution in [2.24, 2.45) is 5.41 Å². The van der Waals surface area contributed by atoms with Gasteiger partial charge in [0.05, 0.1) is 11.6 Å². The number of carbonyl (C=O) groups excluding carboxylic acids is 2. The van der Waals surface area contributed by atoms with Gasteiger partial charge in [0.25, 0.3) is 0 Å². The molecular weight excluding hydrogens is 346 g/mol. The van der Waals surface area contributed by atoms with Gasteiger partial charge in [0.2, 0.25) is 18.6 Å². The van der Waals surface area contributed by atoms with Gasteiger partial charge in [-0.15, -0.1) is 0 Å². The Kier molecular flexibility index (Phi) is 4.99. The van der Waals surface area contributed by atoms with Crippen molar-refractivity contribution < 1.29 is 19.1 Å². The molecule has 0 saturated heterocycles. The van der Waals surface area contributed by atoms with Crippen molar-refractivity contribution in [3.63, 3.8) is 0 Å². The van der Waals surface area contributed by atoms with Crippen molar-refractivity contribution >= 4 is 17.5 Å². The summed E-state index contributed by atoms with van der Waals surface area (Å²) in [7, 11) is 0. The third-order valence-corrected chi connectivity index (χ3v) is 4.27. The summed E-state index contributed by atoms with van der Waals surface area (Å²) in [5.74, 6) is 0.440. The third kappa shape index (κ3) is 4.01. The Morgan fingerprint density at radius 2 is 1.89 bits per heavy atom. The maximum atomic E-state index is 12.5. The number of nitrogens with zero attached hydrogens (tertiary/aromatic N) is 1. The zero-order valence-electron chi connectivity index (χ0n) is 15.0. The van der Waals surface area contributed by atoms with Crippen LogP contribution in [0.3, 0.4) is 0 Å². The summed E-state index contributed by atoms with van der Waals surface area (Å²) in [6, 6.07) is 13.9. The molecule has 3 rings (SSSR count). The lowest BCUT2D eigenvalue weighted by molar-refractivity contribution is -0.138. The summed E-state index contributed by atoms with van der Waals surface area (Å²) in [4.78, 5) is 25.1. The molecule has 2 aromatic rings. The van der Waals surface area contributed by atoms with E-state index in [0.29, 0.717) is 22.7 Å². The number of benzene rings is 2. The van der Waals surface area contributed by atoms with Crippen molar-refractivity contribution in [3.05, 3.63) is 53.6 Å². The van der Waals surface area contributed by atoms with Gasteiger partial charge in [-0.2, -0.15) is 5.26 Å². The molecule has 0 aromatic heterocycles. The zero-order valence-corrected chi connectivity index (χ0v) is 15.0. The highest BCUT2D eigenvalue weighted by Gasteiger charge is 2.36. The van der Waals surface area contributed by atoms with Gasteiger partial charge in [0.15, 0.2) is 11.5 Å². The zero-order chi connectivity index (χ0) is 19.4. The van der Waals surface area contributed by atoms with Gasteiger partial charge in [-0.1, -0.05) is 12.1 Å². The monoisotopic (exact) mass is 365 g/mol. The predicted molar refractivity (Wildman–Crippen MR) is 98.0 cm³/mol. The van der Waals surface area contributed by atoms with Crippen LogP contribution in [0.5, 0.6) is 11.5 Å². The minimum absolute atomic E-state index is 0.186. The van der Waals surface area contributed by atoms with Crippen LogP contribution in [0.1, 0.15) is 25.0 Å². The Balaban J connectivity index is 1.62. The van der Waals surface area contributed by atoms with Crippen molar-refractivity contribution in [2.45, 2.75) is 20.4 Å². The fraction of sp³-hybridized carbons (Fsp3) is 0.250. The lowest BCUT2D eigenvalue weighted by Crippen LogP contribution is -2.44. The first kappa shape index (κ1) is 18.3. The van der Waals surface area contributed by atoms with E-state index in [2.05, 4.69) is 10.6 Å². The van der Waals surface area contributed by atoms with E-state index in [0.717, 1.165) is 5.56 Å². The first-order valence-corrected chi connectivity index (χ1v) is 8.38. The van der Waals surface area contributed by atoms with E-state index in [9.17, 15) is 9.59 Å². The van der Waals surface area contributed by atoms with Gasteiger partial charge in [-0.3, -0.25) is 9.59 Å². The van der Waals surface area contributed by atoms with Crippen molar-refractivity contribution in [1.29, 1.82) is 5.26 Å². The number of hydrogen-bond donors (Lipinski definition) is 2. The van der Waals surface area contributed by atoms with E-state index in [1.54, 1.807) is 50.2 Å². The second-order valence-electron chi connectivity index (χ2n) is 6.64. The summed E-state index contributed by atoms with van der Waals surface area (Å²) in [6.07, 6.45) is 0. The number of ether oxygens (including phenoxy) is 2. The molecule has 0 radical (unpaired) electrons. The largest absolute Gasteiger partial charge is 0.454 e. The van der Waals surface area contributed by atoms with Gasteiger partial charge in [-0.25, -0.2) is 0 Å². The molecule has 7 heteroatoms. The van der Waals surface area contributed by atoms with E-state index in [4.69, 9.17) is 14.7 Å². The second kappa shape index (κ2) is 7.38. The molecule has 0 atom stereocenters. The van der Waals surface area contributed by atoms with Crippen molar-refractivity contribution in [2.75, 3.05) is 12.1 Å². The number of amides is 2. The fourth-order valence-electron chi connectivity index (χ4n) is 2.51. The van der Waals surface area contributed by atoms with Crippen LogP contribution in [0.15, 0.2) is 42.5 Å². The van der Waals surface area contributed by atoms with Crippen LogP contribution in [0.4, 0.5) is 5.69 Å². The SMILES string of the molecule is CC(C)(C(=O)NCc1ccc2c(c1)OCO2)C(=O)Nc1cccc(C#N)c1. The molecule has 2 N–H and O–H groups in total. The Hall–Kier alpha value is -3.53. The van der Waals surface area contributed by atoms with Crippen LogP contribution >= 0.6 is 0 Å². The Labute approximate surface area is 156 Å². The highest BCUT2D eigenvalue weighted by molar-refractivity contribution is 6.09. The summed E-state index contributed by atoms with van der Waals surface area (Å²) in [5, 5.41) is 14.4. The molecule has 1 heterocycles. The molecular formula is C20H19N3O4. The molecule has 27 heavy (non-hydrogen) atoms. The number of anilines is 1. The maximum Gasteiger partial charge on any atom is 0.239 e. The average Bonchev–Trinajstić information content (AvgIpc) is 3.13. The summed E-state index contributed by atoms with van der Waals surface area (Å²) in [6.45, 7) is 3.54. The van der Waals surface area contributed by atoms with Crippen LogP contribution < -0.4 is 20.1 Å². The van der Waals surface area contributed by atoms with E-state index >= 15 is 0 Å². The lowest BCUT2D eigenvalue weighted by atomic mass is 9.90. The standard InChI is InChI=1S/C20H19N3O4/c1-20(2,19(25)23-15-5-3-4-13(8-15)10-21)18(24)22-11-14-6-7-16-17(9-14)27-12-26-16/h3-9H,11-12H2,1-2H3,(H,22,24)(H,23,25). The van der Waals surface area contributed by atoms with Crippen LogP contribution in [-0.4, -0.2) is 18.6 Å². The van der Waals surface area contributed by atoms with Crippen LogP contribution in [0.2, 0.25) is 0 Å². The molecule has 0 spiro atoms. The topological polar surface area (TPSA) is 100 Å². The van der Waals surface area contributed by atoms with Gasteiger partial charge in [0, 0.05) is 12.2 Å². The molecule has 138 valence electrons. The molecule has 7 nitrogen and oxygen atoms in total. The number of nitriles is 1. The number of hydrogen-bond acceptors (Lipinski definition) is 5. The number of nitrogens with one attached hydrogen (secondary N) is 2. The molecule has 2 aromatic carbocycles. The molecule has 0 saturated carbocycles. The smallest absolute Gasteiger partial charge is 0.239 e. The quantitative estimate of drug-likeness (QED) is 0.793. The third-order valence-electron chi connectivity index (χ3n) is 4.27. The maximum absolute atomic E-state index is 12.5. The molecule has 0 unspecified atom stereocenters. The van der Waals surface area contributed by atoms with Crippen LogP contribution in [0, 0.1) is 16.7 Å². The van der Waals surface area contributed by atoms with E-state index in [1.807, 2.05) is 12.1 Å². The van der Waals surface area contributed by atoms with Crippen molar-refractivity contribution in [1.82, 2.24) is 5.32 Å². The van der Waals surface area contributed by atoms with Crippen LogP contribution in [-0.2, 0) is 16.1 Å². The average molecular weight is 365 g/mol. The first-order chi connectivity index (χ1) is 12.9. The molecule has 0 aliphatic carbocycles. The van der Waals surface area contributed by atoms with Gasteiger partial charge in [-0.05, 0) is 49.7 Å². The Bertz CT molecular complexity index is 931. The highest BCUT2D eigenvalue weighted by Crippen LogP contribution is 2.32. The first-order valence-electron chi connectivity index (χ1n) is 8.38. The summed E-state index contributed by atoms with van der Waals surface area (Å²) in [5.41, 5.74) is 0.443. The minimum atomic E-state index is -1.29. The fourth-order valence-corrected chi connectivity index (χ4v) is 2.51. The normalized spacial score (nSPS) is 12.2. The van der Waals surface area contributed by atoms with Gasteiger partial charge in [0.1, 0.15) is 5.41 Å². The van der Waals surface area contributed by atoms with Gasteiger partial charge >= 0.3 is 0 Å². The molecule has 1 aliphatic rings. The lowest BCUT2D eigenvalue weighted by Gasteiger charge is -2.23. The van der Waals surface area contributed by atoms with E-state index in [-0.39, 0.29) is 13.3 Å². The Morgan fingerprint density at radius 1 is 1.11 bits per heavy atom. The molecule has 1 aliphatic heterocycles. The number of carbonyl (C=O) groups is 2. The minimum Gasteiger partial charge on any atom is -0.454 e. The highest BCUT2D eigenvalue weighted by atomic mass is 16.7. The van der Waals surface area contributed by atoms with E-state index in [1.165, 1.54) is 0 Å². The second-order valence-corrected chi connectivity index (χ2v) is 6.64. The summed E-state index contributed by atoms with van der Waals surface area (Å²) < 4.78 is 10.6. The number of rotatable bonds is 5. The van der Waals surface area contributed by atoms with E-state index < -0.39 is 17.2 Å². The summed E-state index contributed by atoms with van der Waals surface area (Å²) >= 11 is 0.